The Labute approximate surface area is 239 Å². The van der Waals surface area contributed by atoms with Crippen molar-refractivity contribution in [2.45, 2.75) is 124 Å². The average molecular weight is 569 g/mol. The summed E-state index contributed by atoms with van der Waals surface area (Å²) in [5, 5.41) is 13.2. The molecule has 0 spiro atoms. The number of rotatable bonds is 19. The van der Waals surface area contributed by atoms with Crippen molar-refractivity contribution in [1.82, 2.24) is 26.6 Å². The van der Waals surface area contributed by atoms with Gasteiger partial charge < -0.3 is 32.3 Å². The van der Waals surface area contributed by atoms with Crippen LogP contribution in [0.15, 0.2) is 0 Å². The molecular weight excluding hydrogens is 516 g/mol. The molecule has 40 heavy (non-hydrogen) atoms. The lowest BCUT2D eigenvalue weighted by molar-refractivity contribution is -0.134. The molecule has 5 amide bonds. The van der Waals surface area contributed by atoms with Crippen molar-refractivity contribution in [3.63, 3.8) is 0 Å². The molecular formula is C28H52N6O6. The van der Waals surface area contributed by atoms with Crippen LogP contribution in [0.3, 0.4) is 0 Å². The number of amides is 5. The zero-order valence-corrected chi connectivity index (χ0v) is 25.5. The van der Waals surface area contributed by atoms with E-state index in [1.807, 2.05) is 27.7 Å². The van der Waals surface area contributed by atoms with Crippen molar-refractivity contribution in [1.29, 1.82) is 0 Å². The predicted octanol–water partition coefficient (Wildman–Crippen LogP) is 0.670. The molecule has 0 heterocycles. The maximum atomic E-state index is 13.1. The lowest BCUT2D eigenvalue weighted by atomic mass is 10.0. The molecule has 0 aromatic carbocycles. The van der Waals surface area contributed by atoms with E-state index in [4.69, 9.17) is 5.73 Å². The van der Waals surface area contributed by atoms with E-state index in [1.54, 1.807) is 13.8 Å². The van der Waals surface area contributed by atoms with E-state index in [1.165, 1.54) is 13.8 Å². The van der Waals surface area contributed by atoms with E-state index < -0.39 is 53.8 Å². The number of nitrogens with one attached hydrogen (secondary N) is 5. The quantitative estimate of drug-likeness (QED) is 0.123. The van der Waals surface area contributed by atoms with Gasteiger partial charge in [-0.3, -0.25) is 28.8 Å². The summed E-state index contributed by atoms with van der Waals surface area (Å²) in [6.07, 6.45) is 2.82. The van der Waals surface area contributed by atoms with Crippen molar-refractivity contribution in [2.75, 3.05) is 6.54 Å². The van der Waals surface area contributed by atoms with Gasteiger partial charge in [-0.05, 0) is 78.2 Å². The average Bonchev–Trinajstić information content (AvgIpc) is 2.85. The van der Waals surface area contributed by atoms with E-state index >= 15 is 0 Å². The molecule has 7 N–H and O–H groups in total. The Hall–Kier alpha value is -3.02. The van der Waals surface area contributed by atoms with Crippen LogP contribution in [-0.4, -0.2) is 72.1 Å². The van der Waals surface area contributed by atoms with Gasteiger partial charge >= 0.3 is 0 Å². The smallest absolute Gasteiger partial charge is 0.243 e. The fourth-order valence-corrected chi connectivity index (χ4v) is 3.65. The number of hydrogen-bond donors (Lipinski definition) is 6. The Morgan fingerprint density at radius 3 is 1.57 bits per heavy atom. The maximum Gasteiger partial charge on any atom is 0.243 e. The first kappa shape index (κ1) is 37.0. The summed E-state index contributed by atoms with van der Waals surface area (Å²) < 4.78 is 0. The second kappa shape index (κ2) is 19.1. The molecule has 0 fully saturated rings. The topological polar surface area (TPSA) is 189 Å². The fraction of sp³-hybridized carbons (Fsp3) is 0.786. The molecule has 12 heteroatoms. The zero-order valence-electron chi connectivity index (χ0n) is 25.5. The van der Waals surface area contributed by atoms with E-state index in [0.717, 1.165) is 0 Å². The van der Waals surface area contributed by atoms with Gasteiger partial charge in [-0.1, -0.05) is 27.7 Å². The van der Waals surface area contributed by atoms with Crippen LogP contribution in [-0.2, 0) is 28.8 Å². The molecule has 0 aliphatic heterocycles. The molecule has 0 bridgehead atoms. The molecule has 0 rings (SSSR count). The lowest BCUT2D eigenvalue weighted by Crippen LogP contribution is -2.58. The first-order valence-corrected chi connectivity index (χ1v) is 14.3. The van der Waals surface area contributed by atoms with Gasteiger partial charge in [0.15, 0.2) is 5.78 Å². The molecule has 230 valence electrons. The summed E-state index contributed by atoms with van der Waals surface area (Å²) in [6, 6.07) is -4.40. The molecule has 12 nitrogen and oxygen atoms in total. The van der Waals surface area contributed by atoms with E-state index in [-0.39, 0.29) is 17.6 Å². The van der Waals surface area contributed by atoms with Gasteiger partial charge in [-0.25, -0.2) is 0 Å². The minimum Gasteiger partial charge on any atom is -0.345 e. The van der Waals surface area contributed by atoms with Gasteiger partial charge in [0.05, 0.1) is 6.04 Å². The molecule has 0 aliphatic rings. The summed E-state index contributed by atoms with van der Waals surface area (Å²) in [4.78, 5) is 75.2. The van der Waals surface area contributed by atoms with Gasteiger partial charge in [0.25, 0.3) is 0 Å². The van der Waals surface area contributed by atoms with Gasteiger partial charge in [-0.15, -0.1) is 0 Å². The molecule has 0 radical (unpaired) electrons. The third-order valence-corrected chi connectivity index (χ3v) is 6.36. The number of carbonyl (C=O) groups excluding carboxylic acids is 6. The first-order valence-electron chi connectivity index (χ1n) is 14.3. The second-order valence-corrected chi connectivity index (χ2v) is 11.3. The third-order valence-electron chi connectivity index (χ3n) is 6.36. The van der Waals surface area contributed by atoms with Crippen LogP contribution in [0.25, 0.3) is 0 Å². The minimum atomic E-state index is -1.01. The SMILES string of the molecule is CC(=O)[C@H](C)NC(=O)[C@H](CC(C)C)NC(=O)[C@H](C)NC(=O)[C@H](CCCCN)NC(=O)[C@H](C)NC(=O)CCC(C)C. The second-order valence-electron chi connectivity index (χ2n) is 11.3. The van der Waals surface area contributed by atoms with E-state index in [9.17, 15) is 28.8 Å². The normalized spacial score (nSPS) is 14.9. The van der Waals surface area contributed by atoms with Crippen molar-refractivity contribution < 1.29 is 28.8 Å². The molecule has 0 aromatic heterocycles. The summed E-state index contributed by atoms with van der Waals surface area (Å²) >= 11 is 0. The van der Waals surface area contributed by atoms with E-state index in [0.29, 0.717) is 51.0 Å². The van der Waals surface area contributed by atoms with Gasteiger partial charge in [0, 0.05) is 6.42 Å². The summed E-state index contributed by atoms with van der Waals surface area (Å²) in [7, 11) is 0. The lowest BCUT2D eigenvalue weighted by Gasteiger charge is -2.25. The van der Waals surface area contributed by atoms with Crippen molar-refractivity contribution >= 4 is 35.3 Å². The molecule has 0 saturated heterocycles. The van der Waals surface area contributed by atoms with Crippen LogP contribution in [0.2, 0.25) is 0 Å². The Kier molecular flexibility index (Phi) is 17.7. The number of carbonyl (C=O) groups is 6. The number of Topliss-reactive ketones (excluding diaryl/α,β-unsaturated/α-hetero) is 1. The predicted molar refractivity (Wildman–Crippen MR) is 154 cm³/mol. The standard InChI is InChI=1S/C28H52N6O6/c1-16(2)12-13-24(36)30-19(6)25(37)33-22(11-9-10-14-29)27(39)32-20(7)26(38)34-23(15-17(3)4)28(40)31-18(5)21(8)35/h16-20,22-23H,9-15,29H2,1-8H3,(H,30,36)(H,31,40)(H,32,39)(H,33,37)(H,34,38)/t18-,19-,20-,22-,23-/m0/s1. The fourth-order valence-electron chi connectivity index (χ4n) is 3.65. The van der Waals surface area contributed by atoms with Crippen LogP contribution < -0.4 is 32.3 Å². The van der Waals surface area contributed by atoms with Crippen LogP contribution in [0, 0.1) is 11.8 Å². The zero-order chi connectivity index (χ0) is 31.0. The molecule has 0 aromatic rings. The summed E-state index contributed by atoms with van der Waals surface area (Å²) in [6.45, 7) is 14.2. The van der Waals surface area contributed by atoms with Crippen molar-refractivity contribution in [3.05, 3.63) is 0 Å². The summed E-state index contributed by atoms with van der Waals surface area (Å²) in [5.74, 6) is -2.19. The largest absolute Gasteiger partial charge is 0.345 e. The number of unbranched alkanes of at least 4 members (excludes halogenated alkanes) is 1. The molecule has 0 aliphatic carbocycles. The van der Waals surface area contributed by atoms with Crippen LogP contribution in [0.4, 0.5) is 0 Å². The van der Waals surface area contributed by atoms with Crippen molar-refractivity contribution in [3.8, 4) is 0 Å². The van der Waals surface area contributed by atoms with Gasteiger partial charge in [-0.2, -0.15) is 0 Å². The number of nitrogens with two attached hydrogens (primary N) is 1. The Bertz CT molecular complexity index is 862. The molecule has 0 unspecified atom stereocenters. The maximum absolute atomic E-state index is 13.1. The molecule has 0 saturated carbocycles. The Morgan fingerprint density at radius 1 is 0.575 bits per heavy atom. The highest BCUT2D eigenvalue weighted by atomic mass is 16.2. The van der Waals surface area contributed by atoms with E-state index in [2.05, 4.69) is 26.6 Å². The highest BCUT2D eigenvalue weighted by Crippen LogP contribution is 2.07. The summed E-state index contributed by atoms with van der Waals surface area (Å²) in [5.41, 5.74) is 5.58. The first-order chi connectivity index (χ1) is 18.6. The number of hydrogen-bond acceptors (Lipinski definition) is 7. The number of ketones is 1. The Morgan fingerprint density at radius 2 is 1.07 bits per heavy atom. The third kappa shape index (κ3) is 15.5. The Balaban J connectivity index is 5.32. The highest BCUT2D eigenvalue weighted by Gasteiger charge is 2.29. The monoisotopic (exact) mass is 568 g/mol. The van der Waals surface area contributed by atoms with Gasteiger partial charge in [0.2, 0.25) is 29.5 Å². The van der Waals surface area contributed by atoms with Crippen LogP contribution in [0.5, 0.6) is 0 Å². The van der Waals surface area contributed by atoms with Crippen LogP contribution >= 0.6 is 0 Å². The van der Waals surface area contributed by atoms with Crippen LogP contribution in [0.1, 0.15) is 93.9 Å². The van der Waals surface area contributed by atoms with Gasteiger partial charge in [0.1, 0.15) is 24.2 Å². The molecule has 5 atom stereocenters. The highest BCUT2D eigenvalue weighted by molar-refractivity contribution is 5.96. The minimum absolute atomic E-state index is 0.0728. The van der Waals surface area contributed by atoms with Crippen molar-refractivity contribution in [2.24, 2.45) is 17.6 Å².